The molecular formula is C16H12S. The molecule has 0 amide bonds. The van der Waals surface area contributed by atoms with Crippen LogP contribution in [-0.4, -0.2) is 0 Å². The quantitative estimate of drug-likeness (QED) is 0.552. The smallest absolute Gasteiger partial charge is 0.0388 e. The SMILES string of the molecule is C=CSc1ccccc1C#Cc1ccccc1. The van der Waals surface area contributed by atoms with Crippen molar-refractivity contribution >= 4 is 11.8 Å². The van der Waals surface area contributed by atoms with Crippen molar-refractivity contribution in [2.75, 3.05) is 0 Å². The Morgan fingerprint density at radius 3 is 2.35 bits per heavy atom. The van der Waals surface area contributed by atoms with Crippen molar-refractivity contribution in [2.24, 2.45) is 0 Å². The molecule has 0 spiro atoms. The molecule has 0 saturated heterocycles. The van der Waals surface area contributed by atoms with Crippen LogP contribution in [0, 0.1) is 11.8 Å². The average Bonchev–Trinajstić information content (AvgIpc) is 2.39. The van der Waals surface area contributed by atoms with Crippen molar-refractivity contribution in [1.29, 1.82) is 0 Å². The molecule has 2 aromatic rings. The summed E-state index contributed by atoms with van der Waals surface area (Å²) in [5.74, 6) is 6.36. The van der Waals surface area contributed by atoms with Crippen LogP contribution in [0.2, 0.25) is 0 Å². The lowest BCUT2D eigenvalue weighted by molar-refractivity contribution is 1.42. The third-order valence-corrected chi connectivity index (χ3v) is 2.99. The monoisotopic (exact) mass is 236 g/mol. The largest absolute Gasteiger partial charge is 0.0974 e. The molecule has 0 fully saturated rings. The molecule has 0 nitrogen and oxygen atoms in total. The lowest BCUT2D eigenvalue weighted by atomic mass is 10.2. The van der Waals surface area contributed by atoms with Crippen LogP contribution in [0.25, 0.3) is 0 Å². The zero-order valence-electron chi connectivity index (χ0n) is 9.39. The molecule has 0 heterocycles. The molecule has 0 aliphatic heterocycles. The summed E-state index contributed by atoms with van der Waals surface area (Å²) >= 11 is 1.60. The second-order valence-electron chi connectivity index (χ2n) is 3.40. The zero-order valence-corrected chi connectivity index (χ0v) is 10.2. The Kier molecular flexibility index (Phi) is 4.07. The highest BCUT2D eigenvalue weighted by Gasteiger charge is 1.96. The minimum absolute atomic E-state index is 1.03. The fourth-order valence-corrected chi connectivity index (χ4v) is 2.01. The van der Waals surface area contributed by atoms with Gasteiger partial charge in [0, 0.05) is 16.0 Å². The van der Waals surface area contributed by atoms with E-state index in [0.717, 1.165) is 16.0 Å². The Morgan fingerprint density at radius 2 is 1.59 bits per heavy atom. The second kappa shape index (κ2) is 5.98. The highest BCUT2D eigenvalue weighted by atomic mass is 32.2. The van der Waals surface area contributed by atoms with Gasteiger partial charge in [-0.05, 0) is 29.7 Å². The molecule has 0 bridgehead atoms. The van der Waals surface area contributed by atoms with Gasteiger partial charge in [0.15, 0.2) is 0 Å². The molecule has 1 heteroatoms. The van der Waals surface area contributed by atoms with Crippen LogP contribution >= 0.6 is 11.8 Å². The van der Waals surface area contributed by atoms with Gasteiger partial charge >= 0.3 is 0 Å². The van der Waals surface area contributed by atoms with Gasteiger partial charge in [0.25, 0.3) is 0 Å². The van der Waals surface area contributed by atoms with Gasteiger partial charge in [-0.3, -0.25) is 0 Å². The fraction of sp³-hybridized carbons (Fsp3) is 0. The van der Waals surface area contributed by atoms with Crippen LogP contribution in [0.5, 0.6) is 0 Å². The Bertz CT molecular complexity index is 559. The van der Waals surface area contributed by atoms with E-state index in [-0.39, 0.29) is 0 Å². The van der Waals surface area contributed by atoms with Crippen molar-refractivity contribution < 1.29 is 0 Å². The highest BCUT2D eigenvalue weighted by molar-refractivity contribution is 8.02. The summed E-state index contributed by atoms with van der Waals surface area (Å²) < 4.78 is 0. The number of hydrogen-bond acceptors (Lipinski definition) is 1. The normalized spacial score (nSPS) is 9.18. The molecule has 0 aliphatic carbocycles. The lowest BCUT2D eigenvalue weighted by Gasteiger charge is -1.98. The molecule has 2 rings (SSSR count). The number of benzene rings is 2. The van der Waals surface area contributed by atoms with Crippen LogP contribution in [-0.2, 0) is 0 Å². The molecule has 82 valence electrons. The van der Waals surface area contributed by atoms with E-state index in [1.54, 1.807) is 11.8 Å². The van der Waals surface area contributed by atoms with Crippen molar-refractivity contribution in [2.45, 2.75) is 4.90 Å². The van der Waals surface area contributed by atoms with Gasteiger partial charge in [0.1, 0.15) is 0 Å². The van der Waals surface area contributed by atoms with E-state index >= 15 is 0 Å². The summed E-state index contributed by atoms with van der Waals surface area (Å²) in [6.07, 6.45) is 0. The summed E-state index contributed by atoms with van der Waals surface area (Å²) in [5.41, 5.74) is 2.08. The van der Waals surface area contributed by atoms with E-state index < -0.39 is 0 Å². The minimum atomic E-state index is 1.03. The fourth-order valence-electron chi connectivity index (χ4n) is 1.42. The zero-order chi connectivity index (χ0) is 11.9. The number of thioether (sulfide) groups is 1. The summed E-state index contributed by atoms with van der Waals surface area (Å²) in [7, 11) is 0. The topological polar surface area (TPSA) is 0 Å². The first-order valence-electron chi connectivity index (χ1n) is 5.34. The van der Waals surface area contributed by atoms with Crippen molar-refractivity contribution in [1.82, 2.24) is 0 Å². The molecule has 2 aromatic carbocycles. The Labute approximate surface area is 106 Å². The van der Waals surface area contributed by atoms with E-state index in [2.05, 4.69) is 24.5 Å². The maximum absolute atomic E-state index is 3.73. The van der Waals surface area contributed by atoms with Crippen LogP contribution < -0.4 is 0 Å². The van der Waals surface area contributed by atoms with Gasteiger partial charge in [-0.1, -0.05) is 60.5 Å². The average molecular weight is 236 g/mol. The van der Waals surface area contributed by atoms with E-state index in [4.69, 9.17) is 0 Å². The van der Waals surface area contributed by atoms with Gasteiger partial charge in [0.2, 0.25) is 0 Å². The Hall–Kier alpha value is -1.91. The molecule has 0 N–H and O–H groups in total. The molecule has 0 atom stereocenters. The van der Waals surface area contributed by atoms with Gasteiger partial charge in [-0.2, -0.15) is 0 Å². The first-order valence-corrected chi connectivity index (χ1v) is 6.22. The van der Waals surface area contributed by atoms with Crippen LogP contribution in [0.4, 0.5) is 0 Å². The summed E-state index contributed by atoms with van der Waals surface area (Å²) in [4.78, 5) is 1.14. The van der Waals surface area contributed by atoms with E-state index in [0.29, 0.717) is 0 Å². The van der Waals surface area contributed by atoms with Gasteiger partial charge in [0.05, 0.1) is 0 Å². The minimum Gasteiger partial charge on any atom is -0.0974 e. The number of hydrogen-bond donors (Lipinski definition) is 0. The van der Waals surface area contributed by atoms with Crippen LogP contribution in [0.1, 0.15) is 11.1 Å². The molecule has 0 radical (unpaired) electrons. The summed E-state index contributed by atoms with van der Waals surface area (Å²) in [6, 6.07) is 18.1. The molecule has 0 unspecified atom stereocenters. The Balaban J connectivity index is 2.30. The van der Waals surface area contributed by atoms with Crippen molar-refractivity contribution in [3.63, 3.8) is 0 Å². The predicted molar refractivity (Wildman–Crippen MR) is 74.9 cm³/mol. The highest BCUT2D eigenvalue weighted by Crippen LogP contribution is 2.22. The van der Waals surface area contributed by atoms with Crippen LogP contribution in [0.3, 0.4) is 0 Å². The Morgan fingerprint density at radius 1 is 0.882 bits per heavy atom. The molecule has 0 aliphatic rings. The first-order chi connectivity index (χ1) is 8.40. The van der Waals surface area contributed by atoms with Gasteiger partial charge < -0.3 is 0 Å². The predicted octanol–water partition coefficient (Wildman–Crippen LogP) is 4.32. The van der Waals surface area contributed by atoms with E-state index in [1.165, 1.54) is 0 Å². The maximum atomic E-state index is 3.73. The molecule has 0 aromatic heterocycles. The first kappa shape index (κ1) is 11.6. The van der Waals surface area contributed by atoms with E-state index in [9.17, 15) is 0 Å². The van der Waals surface area contributed by atoms with Crippen LogP contribution in [0.15, 0.2) is 71.5 Å². The van der Waals surface area contributed by atoms with E-state index in [1.807, 2.05) is 53.9 Å². The summed E-state index contributed by atoms with van der Waals surface area (Å²) in [5, 5.41) is 1.82. The number of rotatable bonds is 2. The van der Waals surface area contributed by atoms with Crippen molar-refractivity contribution in [3.8, 4) is 11.8 Å². The maximum Gasteiger partial charge on any atom is 0.0388 e. The van der Waals surface area contributed by atoms with Gasteiger partial charge in [-0.25, -0.2) is 0 Å². The lowest BCUT2D eigenvalue weighted by Crippen LogP contribution is -1.79. The molecule has 17 heavy (non-hydrogen) atoms. The molecule has 0 saturated carbocycles. The third-order valence-electron chi connectivity index (χ3n) is 2.21. The molecular weight excluding hydrogens is 224 g/mol. The second-order valence-corrected chi connectivity index (χ2v) is 4.41. The third kappa shape index (κ3) is 3.27. The van der Waals surface area contributed by atoms with Gasteiger partial charge in [-0.15, -0.1) is 0 Å². The van der Waals surface area contributed by atoms with Crippen molar-refractivity contribution in [3.05, 3.63) is 77.7 Å². The summed E-state index contributed by atoms with van der Waals surface area (Å²) in [6.45, 7) is 3.73. The standard InChI is InChI=1S/C16H12S/c1-2-17-16-11-7-6-10-15(16)13-12-14-8-4-3-5-9-14/h2-11H,1H2.